The molecule has 0 bridgehead atoms. The van der Waals surface area contributed by atoms with Crippen molar-refractivity contribution in [3.63, 3.8) is 0 Å². The monoisotopic (exact) mass is 459 g/mol. The minimum atomic E-state index is -0.145. The first-order valence-electron chi connectivity index (χ1n) is 11.3. The van der Waals surface area contributed by atoms with Crippen LogP contribution in [0.1, 0.15) is 21.6 Å². The molecular formula is C28H21N5O2. The standard InChI is InChI=1S/C28H21N5O2/c34-27(19-5-2-1-3-6-19)32-21-10-8-18(9-11-21)13-22-15-31-28(35)25-14-20(17-33(22)25)24-16-30-26-23(24)7-4-12-29-26/h1-12,14-17H,13H2,(H,29,30)(H,31,35)(H,32,34). The fourth-order valence-electron chi connectivity index (χ4n) is 4.35. The quantitative estimate of drug-likeness (QED) is 0.338. The van der Waals surface area contributed by atoms with E-state index < -0.39 is 0 Å². The molecule has 0 unspecified atom stereocenters. The predicted octanol–water partition coefficient (Wildman–Crippen LogP) is 5.01. The third-order valence-electron chi connectivity index (χ3n) is 6.13. The number of carbonyl (C=O) groups is 1. The van der Waals surface area contributed by atoms with E-state index in [9.17, 15) is 9.59 Å². The largest absolute Gasteiger partial charge is 0.346 e. The number of nitrogens with one attached hydrogen (secondary N) is 3. The number of carbonyl (C=O) groups excluding carboxylic acids is 1. The number of aromatic amines is 2. The minimum Gasteiger partial charge on any atom is -0.346 e. The van der Waals surface area contributed by atoms with Crippen molar-refractivity contribution >= 4 is 28.1 Å². The van der Waals surface area contributed by atoms with Gasteiger partial charge in [-0.2, -0.15) is 0 Å². The van der Waals surface area contributed by atoms with Crippen LogP contribution in [0.25, 0.3) is 27.7 Å². The van der Waals surface area contributed by atoms with Crippen LogP contribution in [-0.4, -0.2) is 25.3 Å². The van der Waals surface area contributed by atoms with Crippen LogP contribution in [0.5, 0.6) is 0 Å². The number of anilines is 1. The second-order valence-corrected chi connectivity index (χ2v) is 8.39. The molecular weight excluding hydrogens is 438 g/mol. The molecule has 3 N–H and O–H groups in total. The van der Waals surface area contributed by atoms with E-state index in [0.29, 0.717) is 17.5 Å². The van der Waals surface area contributed by atoms with Gasteiger partial charge >= 0.3 is 0 Å². The smallest absolute Gasteiger partial charge is 0.272 e. The molecule has 0 radical (unpaired) electrons. The van der Waals surface area contributed by atoms with Crippen molar-refractivity contribution in [3.8, 4) is 11.1 Å². The number of fused-ring (bicyclic) bond motifs is 2. The number of aromatic nitrogens is 4. The Bertz CT molecular complexity index is 1730. The molecule has 6 rings (SSSR count). The summed E-state index contributed by atoms with van der Waals surface area (Å²) in [5.41, 5.74) is 6.55. The zero-order chi connectivity index (χ0) is 23.8. The fraction of sp³-hybridized carbons (Fsp3) is 0.0357. The highest BCUT2D eigenvalue weighted by molar-refractivity contribution is 6.04. The van der Waals surface area contributed by atoms with Gasteiger partial charge in [-0.3, -0.25) is 9.59 Å². The molecule has 7 nitrogen and oxygen atoms in total. The fourth-order valence-corrected chi connectivity index (χ4v) is 4.35. The van der Waals surface area contributed by atoms with E-state index in [-0.39, 0.29) is 11.5 Å². The Morgan fingerprint density at radius 2 is 1.77 bits per heavy atom. The highest BCUT2D eigenvalue weighted by Gasteiger charge is 2.13. The average molecular weight is 460 g/mol. The number of hydrogen-bond acceptors (Lipinski definition) is 3. The molecule has 0 spiro atoms. The van der Waals surface area contributed by atoms with Crippen LogP contribution in [0.4, 0.5) is 5.69 Å². The second kappa shape index (κ2) is 8.46. The maximum absolute atomic E-state index is 12.6. The summed E-state index contributed by atoms with van der Waals surface area (Å²) in [5.74, 6) is -0.145. The van der Waals surface area contributed by atoms with Crippen molar-refractivity contribution < 1.29 is 4.79 Å². The van der Waals surface area contributed by atoms with Gasteiger partial charge in [-0.15, -0.1) is 0 Å². The SMILES string of the molecule is O=C(Nc1ccc(Cc2c[nH]c(=O)c3cc(-c4c[nH]c5ncccc45)cn23)cc1)c1ccccc1. The summed E-state index contributed by atoms with van der Waals surface area (Å²) in [5, 5.41) is 3.93. The summed E-state index contributed by atoms with van der Waals surface area (Å²) in [6.07, 6.45) is 8.03. The molecule has 6 aromatic rings. The molecule has 4 heterocycles. The van der Waals surface area contributed by atoms with Gasteiger partial charge in [0.05, 0.1) is 0 Å². The van der Waals surface area contributed by atoms with Gasteiger partial charge in [0.15, 0.2) is 0 Å². The van der Waals surface area contributed by atoms with E-state index in [1.807, 2.05) is 77.5 Å². The van der Waals surface area contributed by atoms with E-state index in [1.54, 1.807) is 24.5 Å². The summed E-state index contributed by atoms with van der Waals surface area (Å²) in [7, 11) is 0. The van der Waals surface area contributed by atoms with E-state index in [4.69, 9.17) is 0 Å². The van der Waals surface area contributed by atoms with Gasteiger partial charge in [0.1, 0.15) is 11.2 Å². The van der Waals surface area contributed by atoms with E-state index in [1.165, 1.54) is 0 Å². The predicted molar refractivity (Wildman–Crippen MR) is 137 cm³/mol. The molecule has 2 aromatic carbocycles. The van der Waals surface area contributed by atoms with E-state index in [0.717, 1.165) is 39.1 Å². The Hall–Kier alpha value is -4.91. The summed E-state index contributed by atoms with van der Waals surface area (Å²) < 4.78 is 1.94. The number of pyridine rings is 1. The normalized spacial score (nSPS) is 11.2. The Labute approximate surface area is 200 Å². The van der Waals surface area contributed by atoms with Crippen LogP contribution >= 0.6 is 0 Å². The van der Waals surface area contributed by atoms with Crippen molar-refractivity contribution in [1.82, 2.24) is 19.4 Å². The maximum atomic E-state index is 12.6. The second-order valence-electron chi connectivity index (χ2n) is 8.39. The lowest BCUT2D eigenvalue weighted by molar-refractivity contribution is 0.102. The molecule has 0 saturated heterocycles. The molecule has 0 aliphatic carbocycles. The van der Waals surface area contributed by atoms with Crippen molar-refractivity contribution in [1.29, 1.82) is 0 Å². The third kappa shape index (κ3) is 3.89. The van der Waals surface area contributed by atoms with Crippen molar-refractivity contribution in [2.24, 2.45) is 0 Å². The molecule has 7 heteroatoms. The number of nitrogens with zero attached hydrogens (tertiary/aromatic N) is 2. The van der Waals surface area contributed by atoms with Crippen molar-refractivity contribution in [3.05, 3.63) is 125 Å². The van der Waals surface area contributed by atoms with Gasteiger partial charge in [-0.05, 0) is 48.0 Å². The number of rotatable bonds is 5. The molecule has 0 aliphatic heterocycles. The number of benzene rings is 2. The molecule has 0 saturated carbocycles. The number of H-pyrrole nitrogens is 2. The van der Waals surface area contributed by atoms with Gasteiger partial charge in [-0.1, -0.05) is 30.3 Å². The Kier molecular flexibility index (Phi) is 5.00. The highest BCUT2D eigenvalue weighted by atomic mass is 16.1. The lowest BCUT2D eigenvalue weighted by Crippen LogP contribution is -2.12. The maximum Gasteiger partial charge on any atom is 0.272 e. The van der Waals surface area contributed by atoms with Gasteiger partial charge in [0, 0.05) is 64.7 Å². The molecule has 1 amide bonds. The van der Waals surface area contributed by atoms with Crippen LogP contribution in [0, 0.1) is 0 Å². The molecule has 0 atom stereocenters. The lowest BCUT2D eigenvalue weighted by Gasteiger charge is -2.08. The Morgan fingerprint density at radius 3 is 2.60 bits per heavy atom. The zero-order valence-corrected chi connectivity index (χ0v) is 18.7. The van der Waals surface area contributed by atoms with Gasteiger partial charge in [0.25, 0.3) is 11.5 Å². The van der Waals surface area contributed by atoms with Crippen LogP contribution in [-0.2, 0) is 6.42 Å². The average Bonchev–Trinajstić information content (AvgIpc) is 3.53. The van der Waals surface area contributed by atoms with E-state index in [2.05, 4.69) is 20.3 Å². The molecule has 0 fully saturated rings. The summed E-state index contributed by atoms with van der Waals surface area (Å²) in [6, 6.07) is 22.7. The van der Waals surface area contributed by atoms with E-state index >= 15 is 0 Å². The zero-order valence-electron chi connectivity index (χ0n) is 18.7. The first-order chi connectivity index (χ1) is 17.2. The first-order valence-corrected chi connectivity index (χ1v) is 11.3. The summed E-state index contributed by atoms with van der Waals surface area (Å²) in [6.45, 7) is 0. The molecule has 4 aromatic heterocycles. The lowest BCUT2D eigenvalue weighted by atomic mass is 10.1. The van der Waals surface area contributed by atoms with Crippen LogP contribution < -0.4 is 10.9 Å². The molecule has 0 aliphatic rings. The molecule has 170 valence electrons. The Morgan fingerprint density at radius 1 is 0.943 bits per heavy atom. The van der Waals surface area contributed by atoms with Crippen molar-refractivity contribution in [2.45, 2.75) is 6.42 Å². The van der Waals surface area contributed by atoms with Crippen LogP contribution in [0.2, 0.25) is 0 Å². The van der Waals surface area contributed by atoms with Gasteiger partial charge in [0.2, 0.25) is 0 Å². The number of amides is 1. The molecule has 35 heavy (non-hydrogen) atoms. The summed E-state index contributed by atoms with van der Waals surface area (Å²) in [4.78, 5) is 35.4. The Balaban J connectivity index is 1.28. The van der Waals surface area contributed by atoms with Gasteiger partial charge < -0.3 is 19.7 Å². The van der Waals surface area contributed by atoms with Crippen LogP contribution in [0.15, 0.2) is 102 Å². The van der Waals surface area contributed by atoms with Crippen LogP contribution in [0.3, 0.4) is 0 Å². The summed E-state index contributed by atoms with van der Waals surface area (Å²) >= 11 is 0. The third-order valence-corrected chi connectivity index (χ3v) is 6.13. The minimum absolute atomic E-state index is 0.142. The number of hydrogen-bond donors (Lipinski definition) is 3. The first kappa shape index (κ1) is 20.7. The van der Waals surface area contributed by atoms with Crippen molar-refractivity contribution in [2.75, 3.05) is 5.32 Å². The topological polar surface area (TPSA) is 95.0 Å². The highest BCUT2D eigenvalue weighted by Crippen LogP contribution is 2.29. The van der Waals surface area contributed by atoms with Gasteiger partial charge in [-0.25, -0.2) is 4.98 Å².